The lowest BCUT2D eigenvalue weighted by molar-refractivity contribution is -0.153. The Morgan fingerprint density at radius 1 is 1.45 bits per heavy atom. The number of carbonyl (C=O) groups is 2. The highest BCUT2D eigenvalue weighted by Crippen LogP contribution is 2.38. The molecule has 110 valence electrons. The fourth-order valence-electron chi connectivity index (χ4n) is 1.66. The third kappa shape index (κ3) is 3.71. The van der Waals surface area contributed by atoms with Crippen LogP contribution in [0, 0.1) is 0 Å². The molecule has 20 heavy (non-hydrogen) atoms. The second-order valence-electron chi connectivity index (χ2n) is 3.87. The van der Waals surface area contributed by atoms with Gasteiger partial charge in [-0.25, -0.2) is 4.79 Å². The molecule has 0 aliphatic rings. The van der Waals surface area contributed by atoms with Gasteiger partial charge in [0.15, 0.2) is 6.10 Å². The molecule has 0 saturated heterocycles. The smallest absolute Gasteiger partial charge is 0.339 e. The van der Waals surface area contributed by atoms with Crippen molar-refractivity contribution in [1.29, 1.82) is 0 Å². The number of nitrogens with one attached hydrogen (secondary N) is 1. The van der Waals surface area contributed by atoms with E-state index in [9.17, 15) is 14.7 Å². The Hall–Kier alpha value is -1.60. The Balaban J connectivity index is 3.34. The summed E-state index contributed by atoms with van der Waals surface area (Å²) in [4.78, 5) is 23.0. The van der Waals surface area contributed by atoms with Crippen LogP contribution >= 0.6 is 15.9 Å². The maximum absolute atomic E-state index is 11.7. The Labute approximate surface area is 125 Å². The van der Waals surface area contributed by atoms with Gasteiger partial charge in [-0.15, -0.1) is 0 Å². The number of hydrogen-bond acceptors (Lipinski definition) is 5. The maximum Gasteiger partial charge on any atom is 0.339 e. The van der Waals surface area contributed by atoms with Crippen LogP contribution in [0.5, 0.6) is 5.75 Å². The molecule has 2 N–H and O–H groups in total. The molecule has 1 aromatic rings. The van der Waals surface area contributed by atoms with Crippen molar-refractivity contribution in [3.8, 4) is 5.75 Å². The molecule has 7 heteroatoms. The number of esters is 1. The number of hydrogen-bond donors (Lipinski definition) is 2. The monoisotopic (exact) mass is 345 g/mol. The number of amides is 1. The summed E-state index contributed by atoms with van der Waals surface area (Å²) in [6, 6.07) is 3.22. The number of rotatable bonds is 5. The van der Waals surface area contributed by atoms with E-state index in [4.69, 9.17) is 9.47 Å². The van der Waals surface area contributed by atoms with Crippen molar-refractivity contribution in [2.45, 2.75) is 20.0 Å². The van der Waals surface area contributed by atoms with E-state index in [1.54, 1.807) is 19.1 Å². The summed E-state index contributed by atoms with van der Waals surface area (Å²) in [5.74, 6) is -0.812. The normalized spacial score (nSPS) is 11.7. The maximum atomic E-state index is 11.7. The minimum Gasteiger partial charge on any atom is -0.495 e. The molecular formula is C13H16BrNO5. The van der Waals surface area contributed by atoms with Crippen molar-refractivity contribution in [1.82, 2.24) is 0 Å². The number of aliphatic hydroxyl groups excluding tert-OH is 1. The quantitative estimate of drug-likeness (QED) is 0.797. The first-order chi connectivity index (χ1) is 9.42. The summed E-state index contributed by atoms with van der Waals surface area (Å²) < 4.78 is 10.4. The van der Waals surface area contributed by atoms with Gasteiger partial charge < -0.3 is 19.9 Å². The van der Waals surface area contributed by atoms with Crippen LogP contribution in [0.1, 0.15) is 25.5 Å². The molecule has 0 fully saturated rings. The summed E-state index contributed by atoms with van der Waals surface area (Å²) in [7, 11) is 1.43. The first kappa shape index (κ1) is 16.5. The number of methoxy groups -OCH3 is 1. The fourth-order valence-corrected chi connectivity index (χ4v) is 2.20. The fraction of sp³-hybridized carbons (Fsp3) is 0.385. The number of ether oxygens (including phenoxy) is 2. The molecular weight excluding hydrogens is 330 g/mol. The van der Waals surface area contributed by atoms with Crippen molar-refractivity contribution in [3.05, 3.63) is 22.2 Å². The van der Waals surface area contributed by atoms with Crippen molar-refractivity contribution < 1.29 is 24.2 Å². The molecule has 0 aliphatic carbocycles. The molecule has 0 aromatic heterocycles. The summed E-state index contributed by atoms with van der Waals surface area (Å²) in [5.41, 5.74) is 0.424. The molecule has 0 radical (unpaired) electrons. The van der Waals surface area contributed by atoms with Crippen LogP contribution in [0.4, 0.5) is 5.69 Å². The average molecular weight is 346 g/mol. The van der Waals surface area contributed by atoms with Gasteiger partial charge in [-0.3, -0.25) is 4.79 Å². The number of benzene rings is 1. The van der Waals surface area contributed by atoms with E-state index < -0.39 is 12.1 Å². The molecule has 1 rings (SSSR count). The summed E-state index contributed by atoms with van der Waals surface area (Å²) in [6.45, 7) is 3.10. The molecule has 0 saturated carbocycles. The van der Waals surface area contributed by atoms with Gasteiger partial charge in [0.1, 0.15) is 5.75 Å². The third-order valence-corrected chi connectivity index (χ3v) is 3.15. The summed E-state index contributed by atoms with van der Waals surface area (Å²) in [5, 5.41) is 12.7. The van der Waals surface area contributed by atoms with Gasteiger partial charge in [-0.1, -0.05) is 15.9 Å². The van der Waals surface area contributed by atoms with E-state index in [0.29, 0.717) is 10.2 Å². The molecule has 1 amide bonds. The Kier molecular flexibility index (Phi) is 5.97. The van der Waals surface area contributed by atoms with Crippen LogP contribution in [0.2, 0.25) is 0 Å². The van der Waals surface area contributed by atoms with Crippen molar-refractivity contribution in [3.63, 3.8) is 0 Å². The highest BCUT2D eigenvalue weighted by Gasteiger charge is 2.27. The number of halogens is 1. The zero-order chi connectivity index (χ0) is 15.3. The lowest BCUT2D eigenvalue weighted by atomic mass is 10.1. The number of aliphatic hydroxyl groups is 1. The van der Waals surface area contributed by atoms with E-state index in [1.165, 1.54) is 14.0 Å². The average Bonchev–Trinajstić information content (AvgIpc) is 2.38. The molecule has 1 atom stereocenters. The minimum absolute atomic E-state index is 0.146. The number of anilines is 1. The molecule has 1 unspecified atom stereocenters. The minimum atomic E-state index is -1.53. The van der Waals surface area contributed by atoms with Gasteiger partial charge in [0, 0.05) is 17.0 Å². The van der Waals surface area contributed by atoms with Crippen molar-refractivity contribution >= 4 is 33.5 Å². The molecule has 0 heterocycles. The molecule has 0 aliphatic heterocycles. The predicted octanol–water partition coefficient (Wildman–Crippen LogP) is 2.01. The second-order valence-corrected chi connectivity index (χ2v) is 4.73. The molecule has 0 spiro atoms. The van der Waals surface area contributed by atoms with Gasteiger partial charge in [0.2, 0.25) is 5.91 Å². The number of carbonyl (C=O) groups excluding carboxylic acids is 2. The van der Waals surface area contributed by atoms with Gasteiger partial charge in [-0.2, -0.15) is 0 Å². The van der Waals surface area contributed by atoms with Gasteiger partial charge in [-0.05, 0) is 19.1 Å². The summed E-state index contributed by atoms with van der Waals surface area (Å²) in [6.07, 6.45) is -1.53. The largest absolute Gasteiger partial charge is 0.495 e. The van der Waals surface area contributed by atoms with Gasteiger partial charge in [0.05, 0.1) is 19.4 Å². The molecule has 0 bridgehead atoms. The zero-order valence-electron chi connectivity index (χ0n) is 11.4. The van der Waals surface area contributed by atoms with E-state index in [0.717, 1.165) is 0 Å². The zero-order valence-corrected chi connectivity index (χ0v) is 13.0. The van der Waals surface area contributed by atoms with Gasteiger partial charge >= 0.3 is 5.97 Å². The second kappa shape index (κ2) is 7.25. The molecule has 1 aromatic carbocycles. The lowest BCUT2D eigenvalue weighted by Crippen LogP contribution is -2.19. The van der Waals surface area contributed by atoms with Crippen LogP contribution in [-0.2, 0) is 14.3 Å². The van der Waals surface area contributed by atoms with Crippen LogP contribution in [0.25, 0.3) is 0 Å². The van der Waals surface area contributed by atoms with E-state index in [2.05, 4.69) is 21.2 Å². The SMILES string of the molecule is CCOC(=O)C(O)c1c(Br)ccc(OC)c1NC(C)=O. The van der Waals surface area contributed by atoms with E-state index >= 15 is 0 Å². The predicted molar refractivity (Wildman–Crippen MR) is 76.6 cm³/mol. The highest BCUT2D eigenvalue weighted by atomic mass is 79.9. The van der Waals surface area contributed by atoms with Crippen LogP contribution in [0.3, 0.4) is 0 Å². The van der Waals surface area contributed by atoms with Crippen molar-refractivity contribution in [2.24, 2.45) is 0 Å². The highest BCUT2D eigenvalue weighted by molar-refractivity contribution is 9.10. The Morgan fingerprint density at radius 3 is 2.60 bits per heavy atom. The van der Waals surface area contributed by atoms with E-state index in [-0.39, 0.29) is 23.8 Å². The standard InChI is InChI=1S/C13H16BrNO5/c1-4-20-13(18)12(17)10-8(14)5-6-9(19-3)11(10)15-7(2)16/h5-6,12,17H,4H2,1-3H3,(H,15,16). The first-order valence-corrected chi connectivity index (χ1v) is 6.70. The van der Waals surface area contributed by atoms with Gasteiger partial charge in [0.25, 0.3) is 0 Å². The molecule has 6 nitrogen and oxygen atoms in total. The van der Waals surface area contributed by atoms with Crippen LogP contribution < -0.4 is 10.1 Å². The summed E-state index contributed by atoms with van der Waals surface area (Å²) >= 11 is 3.25. The van der Waals surface area contributed by atoms with Crippen LogP contribution in [0.15, 0.2) is 16.6 Å². The van der Waals surface area contributed by atoms with E-state index in [1.807, 2.05) is 0 Å². The Morgan fingerprint density at radius 2 is 2.10 bits per heavy atom. The van der Waals surface area contributed by atoms with Crippen molar-refractivity contribution in [2.75, 3.05) is 19.0 Å². The first-order valence-electron chi connectivity index (χ1n) is 5.91. The third-order valence-electron chi connectivity index (χ3n) is 2.46. The Bertz CT molecular complexity index is 518. The lowest BCUT2D eigenvalue weighted by Gasteiger charge is -2.19. The van der Waals surface area contributed by atoms with Crippen LogP contribution in [-0.4, -0.2) is 30.7 Å². The topological polar surface area (TPSA) is 84.9 Å².